The molecule has 5 aromatic carbocycles. The Kier molecular flexibility index (Phi) is 7.99. The van der Waals surface area contributed by atoms with Crippen molar-refractivity contribution >= 4 is 33.6 Å². The minimum atomic E-state index is -0.531. The Morgan fingerprint density at radius 1 is 0.791 bits per heavy atom. The van der Waals surface area contributed by atoms with Gasteiger partial charge in [0.2, 0.25) is 0 Å². The molecule has 1 aliphatic rings. The van der Waals surface area contributed by atoms with E-state index >= 15 is 0 Å². The average Bonchev–Trinajstić information content (AvgIpc) is 3.00. The number of aryl methyl sites for hydroxylation is 1. The fourth-order valence-corrected chi connectivity index (χ4v) is 5.85. The molecule has 1 amide bonds. The van der Waals surface area contributed by atoms with Crippen molar-refractivity contribution in [3.8, 4) is 23.0 Å². The number of methoxy groups -OCH3 is 1. The second-order valence-corrected chi connectivity index (χ2v) is 10.7. The predicted molar refractivity (Wildman–Crippen MR) is 167 cm³/mol. The third-order valence-electron chi connectivity index (χ3n) is 7.68. The van der Waals surface area contributed by atoms with Crippen molar-refractivity contribution in [1.82, 2.24) is 5.32 Å². The monoisotopic (exact) mass is 575 g/mol. The first-order valence-electron chi connectivity index (χ1n) is 14.5. The molecule has 7 heteroatoms. The van der Waals surface area contributed by atoms with Gasteiger partial charge in [-0.25, -0.2) is 4.79 Å². The number of hydrogen-bond donors (Lipinski definition) is 1. The molecule has 1 N–H and O–H groups in total. The molecule has 218 valence electrons. The highest BCUT2D eigenvalue weighted by Gasteiger charge is 2.32. The fraction of sp³-hybridized carbons (Fsp3) is 0.222. The van der Waals surface area contributed by atoms with Crippen molar-refractivity contribution in [2.45, 2.75) is 32.6 Å². The van der Waals surface area contributed by atoms with Crippen LogP contribution in [0.3, 0.4) is 0 Å². The highest BCUT2D eigenvalue weighted by atomic mass is 16.6. The Balaban J connectivity index is 1.49. The van der Waals surface area contributed by atoms with Crippen molar-refractivity contribution in [3.63, 3.8) is 0 Å². The molecule has 6 rings (SSSR count). The van der Waals surface area contributed by atoms with Gasteiger partial charge in [-0.15, -0.1) is 0 Å². The summed E-state index contributed by atoms with van der Waals surface area (Å²) in [7, 11) is 1.58. The minimum Gasteiger partial charge on any atom is -0.457 e. The van der Waals surface area contributed by atoms with Gasteiger partial charge < -0.3 is 24.3 Å². The third-order valence-corrected chi connectivity index (χ3v) is 7.68. The first-order chi connectivity index (χ1) is 20.9. The number of amides is 1. The van der Waals surface area contributed by atoms with E-state index in [0.717, 1.165) is 62.6 Å². The van der Waals surface area contributed by atoms with Gasteiger partial charge in [-0.1, -0.05) is 61.9 Å². The van der Waals surface area contributed by atoms with Crippen LogP contribution in [0.15, 0.2) is 84.9 Å². The third kappa shape index (κ3) is 5.76. The SMILES string of the molecule is CCCc1ccc(C2c3c(ccc4cc(OC(C)=O)ccc34)Oc3ccc4cc(OC(=O)NCCOC)ccc4c32)cc1. The van der Waals surface area contributed by atoms with Gasteiger partial charge in [-0.3, -0.25) is 4.79 Å². The van der Waals surface area contributed by atoms with Crippen LogP contribution in [0, 0.1) is 0 Å². The van der Waals surface area contributed by atoms with E-state index in [2.05, 4.69) is 36.5 Å². The molecule has 43 heavy (non-hydrogen) atoms. The summed E-state index contributed by atoms with van der Waals surface area (Å²) in [5.74, 6) is 2.03. The fourth-order valence-electron chi connectivity index (χ4n) is 5.85. The summed E-state index contributed by atoms with van der Waals surface area (Å²) < 4.78 is 22.5. The van der Waals surface area contributed by atoms with E-state index in [4.69, 9.17) is 18.9 Å². The number of benzene rings is 5. The summed E-state index contributed by atoms with van der Waals surface area (Å²) in [5.41, 5.74) is 4.53. The number of carbonyl (C=O) groups excluding carboxylic acids is 2. The summed E-state index contributed by atoms with van der Waals surface area (Å²) in [6, 6.07) is 28.2. The van der Waals surface area contributed by atoms with Crippen molar-refractivity contribution in [2.75, 3.05) is 20.3 Å². The van der Waals surface area contributed by atoms with Crippen LogP contribution in [0.4, 0.5) is 4.79 Å². The molecule has 0 aromatic heterocycles. The number of esters is 1. The lowest BCUT2D eigenvalue weighted by molar-refractivity contribution is -0.131. The van der Waals surface area contributed by atoms with Crippen molar-refractivity contribution in [3.05, 3.63) is 107 Å². The lowest BCUT2D eigenvalue weighted by Gasteiger charge is -2.31. The molecule has 5 aromatic rings. The molecule has 1 unspecified atom stereocenters. The maximum atomic E-state index is 12.3. The van der Waals surface area contributed by atoms with E-state index < -0.39 is 6.09 Å². The predicted octanol–water partition coefficient (Wildman–Crippen LogP) is 7.89. The number of ether oxygens (including phenoxy) is 4. The van der Waals surface area contributed by atoms with Gasteiger partial charge in [0.25, 0.3) is 0 Å². The quantitative estimate of drug-likeness (QED) is 0.113. The summed E-state index contributed by atoms with van der Waals surface area (Å²) in [6.45, 7) is 4.35. The number of rotatable bonds is 8. The summed E-state index contributed by atoms with van der Waals surface area (Å²) in [5, 5.41) is 6.59. The zero-order chi connectivity index (χ0) is 29.9. The van der Waals surface area contributed by atoms with Crippen LogP contribution in [0.1, 0.15) is 48.4 Å². The highest BCUT2D eigenvalue weighted by molar-refractivity contribution is 5.96. The molecule has 7 nitrogen and oxygen atoms in total. The van der Waals surface area contributed by atoms with E-state index in [1.165, 1.54) is 12.5 Å². The van der Waals surface area contributed by atoms with E-state index in [-0.39, 0.29) is 11.9 Å². The maximum absolute atomic E-state index is 12.3. The molecule has 0 fully saturated rings. The molecule has 0 radical (unpaired) electrons. The van der Waals surface area contributed by atoms with Crippen LogP contribution in [0.25, 0.3) is 21.5 Å². The van der Waals surface area contributed by atoms with Gasteiger partial charge >= 0.3 is 12.1 Å². The highest BCUT2D eigenvalue weighted by Crippen LogP contribution is 2.52. The molecule has 1 atom stereocenters. The Hall–Kier alpha value is -4.88. The zero-order valence-electron chi connectivity index (χ0n) is 24.4. The molecule has 0 bridgehead atoms. The molecule has 0 spiro atoms. The van der Waals surface area contributed by atoms with E-state index in [1.54, 1.807) is 7.11 Å². The maximum Gasteiger partial charge on any atom is 0.412 e. The van der Waals surface area contributed by atoms with Crippen molar-refractivity contribution in [1.29, 1.82) is 0 Å². The normalized spacial score (nSPS) is 13.6. The standard InChI is InChI=1S/C36H33NO6/c1-4-5-23-6-8-24(9-7-23)33-34-29-14-12-27(41-22(2)38)20-25(29)10-16-31(34)43-32-17-11-26-21-28(13-15-30(26)35(32)33)42-36(39)37-18-19-40-3/h6-17,20-21,33H,4-5,18-19H2,1-3H3,(H,37,39). The van der Waals surface area contributed by atoms with Gasteiger partial charge in [-0.05, 0) is 75.5 Å². The Bertz CT molecular complexity index is 1830. The molecule has 1 aliphatic heterocycles. The average molecular weight is 576 g/mol. The van der Waals surface area contributed by atoms with Gasteiger partial charge in [-0.2, -0.15) is 0 Å². The van der Waals surface area contributed by atoms with Crippen molar-refractivity contribution in [2.24, 2.45) is 0 Å². The molecular weight excluding hydrogens is 542 g/mol. The Labute approximate surface area is 250 Å². The lowest BCUT2D eigenvalue weighted by Crippen LogP contribution is -2.29. The van der Waals surface area contributed by atoms with Crippen LogP contribution < -0.4 is 19.5 Å². The molecule has 0 aliphatic carbocycles. The van der Waals surface area contributed by atoms with E-state index in [9.17, 15) is 9.59 Å². The molecule has 0 saturated heterocycles. The van der Waals surface area contributed by atoms with Gasteiger partial charge in [0.05, 0.1) is 6.61 Å². The zero-order valence-corrected chi connectivity index (χ0v) is 24.4. The Morgan fingerprint density at radius 2 is 1.40 bits per heavy atom. The van der Waals surface area contributed by atoms with Crippen LogP contribution in [0.5, 0.6) is 23.0 Å². The summed E-state index contributed by atoms with van der Waals surface area (Å²) in [4.78, 5) is 23.9. The minimum absolute atomic E-state index is 0.134. The van der Waals surface area contributed by atoms with Crippen LogP contribution in [-0.4, -0.2) is 32.3 Å². The number of nitrogens with one attached hydrogen (secondary N) is 1. The molecule has 0 saturated carbocycles. The first-order valence-corrected chi connectivity index (χ1v) is 14.5. The van der Waals surface area contributed by atoms with Gasteiger partial charge in [0.15, 0.2) is 0 Å². The Morgan fingerprint density at radius 3 is 1.95 bits per heavy atom. The number of hydrogen-bond acceptors (Lipinski definition) is 6. The smallest absolute Gasteiger partial charge is 0.412 e. The van der Waals surface area contributed by atoms with Crippen LogP contribution >= 0.6 is 0 Å². The first kappa shape index (κ1) is 28.2. The van der Waals surface area contributed by atoms with E-state index in [1.807, 2.05) is 60.7 Å². The largest absolute Gasteiger partial charge is 0.457 e. The summed E-state index contributed by atoms with van der Waals surface area (Å²) >= 11 is 0. The van der Waals surface area contributed by atoms with Gasteiger partial charge in [0.1, 0.15) is 23.0 Å². The number of carbonyl (C=O) groups is 2. The van der Waals surface area contributed by atoms with Crippen LogP contribution in [0.2, 0.25) is 0 Å². The lowest BCUT2D eigenvalue weighted by atomic mass is 9.78. The molecule has 1 heterocycles. The topological polar surface area (TPSA) is 83.1 Å². The van der Waals surface area contributed by atoms with Gasteiger partial charge in [0, 0.05) is 37.6 Å². The van der Waals surface area contributed by atoms with Crippen LogP contribution in [-0.2, 0) is 16.0 Å². The molecular formula is C36H33NO6. The second-order valence-electron chi connectivity index (χ2n) is 10.7. The second kappa shape index (κ2) is 12.2. The van der Waals surface area contributed by atoms with E-state index in [0.29, 0.717) is 24.7 Å². The van der Waals surface area contributed by atoms with Crippen molar-refractivity contribution < 1.29 is 28.5 Å². The number of fused-ring (bicyclic) bond motifs is 6. The summed E-state index contributed by atoms with van der Waals surface area (Å²) in [6.07, 6.45) is 1.57.